The first kappa shape index (κ1) is 18.5. The Labute approximate surface area is 153 Å². The zero-order valence-electron chi connectivity index (χ0n) is 14.7. The molecule has 7 heteroatoms. The summed E-state index contributed by atoms with van der Waals surface area (Å²) in [5, 5.41) is 11.4. The van der Waals surface area contributed by atoms with Gasteiger partial charge in [-0.15, -0.1) is 0 Å². The number of hydrogen-bond acceptors (Lipinski definition) is 4. The number of piperidine rings is 1. The van der Waals surface area contributed by atoms with Crippen LogP contribution in [0.3, 0.4) is 0 Å². The molecule has 0 radical (unpaired) electrons. The predicted octanol–water partition coefficient (Wildman–Crippen LogP) is 3.69. The SMILES string of the molecule is Cc1cccc([N+](=O)[O-])c1S(=O)(=O)N1CCCCC1Cc1ccccc1. The summed E-state index contributed by atoms with van der Waals surface area (Å²) in [6.45, 7) is 2.00. The highest BCUT2D eigenvalue weighted by Crippen LogP contribution is 2.34. The van der Waals surface area contributed by atoms with Crippen molar-refractivity contribution < 1.29 is 13.3 Å². The van der Waals surface area contributed by atoms with Crippen LogP contribution in [0.2, 0.25) is 0 Å². The molecule has 1 saturated heterocycles. The van der Waals surface area contributed by atoms with Crippen LogP contribution in [0, 0.1) is 17.0 Å². The van der Waals surface area contributed by atoms with E-state index in [4.69, 9.17) is 0 Å². The third kappa shape index (κ3) is 3.64. The molecule has 26 heavy (non-hydrogen) atoms. The van der Waals surface area contributed by atoms with E-state index < -0.39 is 14.9 Å². The second-order valence-electron chi connectivity index (χ2n) is 6.64. The highest BCUT2D eigenvalue weighted by molar-refractivity contribution is 7.89. The van der Waals surface area contributed by atoms with E-state index in [1.54, 1.807) is 13.0 Å². The van der Waals surface area contributed by atoms with Gasteiger partial charge in [0.05, 0.1) is 4.92 Å². The highest BCUT2D eigenvalue weighted by atomic mass is 32.2. The van der Waals surface area contributed by atoms with E-state index >= 15 is 0 Å². The predicted molar refractivity (Wildman–Crippen MR) is 99.5 cm³/mol. The average Bonchev–Trinajstić information content (AvgIpc) is 2.62. The quantitative estimate of drug-likeness (QED) is 0.590. The minimum Gasteiger partial charge on any atom is -0.258 e. The highest BCUT2D eigenvalue weighted by Gasteiger charge is 2.38. The van der Waals surface area contributed by atoms with E-state index in [0.29, 0.717) is 18.5 Å². The van der Waals surface area contributed by atoms with Gasteiger partial charge in [0.1, 0.15) is 0 Å². The van der Waals surface area contributed by atoms with Crippen molar-refractivity contribution in [3.05, 3.63) is 69.8 Å². The van der Waals surface area contributed by atoms with Gasteiger partial charge in [-0.2, -0.15) is 4.31 Å². The Kier molecular flexibility index (Phi) is 5.38. The van der Waals surface area contributed by atoms with Crippen LogP contribution < -0.4 is 0 Å². The van der Waals surface area contributed by atoms with Crippen molar-refractivity contribution in [2.45, 2.75) is 43.5 Å². The molecule has 0 spiro atoms. The summed E-state index contributed by atoms with van der Waals surface area (Å²) < 4.78 is 28.2. The molecule has 1 fully saturated rings. The van der Waals surface area contributed by atoms with Crippen LogP contribution in [0.25, 0.3) is 0 Å². The van der Waals surface area contributed by atoms with Crippen molar-refractivity contribution in [1.82, 2.24) is 4.31 Å². The van der Waals surface area contributed by atoms with Crippen molar-refractivity contribution in [1.29, 1.82) is 0 Å². The summed E-state index contributed by atoms with van der Waals surface area (Å²) in [5.74, 6) is 0. The fourth-order valence-electron chi connectivity index (χ4n) is 3.61. The van der Waals surface area contributed by atoms with Crippen LogP contribution in [0.15, 0.2) is 53.4 Å². The Morgan fingerprint density at radius 3 is 2.54 bits per heavy atom. The monoisotopic (exact) mass is 374 g/mol. The minimum atomic E-state index is -3.95. The summed E-state index contributed by atoms with van der Waals surface area (Å²) in [6, 6.07) is 14.0. The van der Waals surface area contributed by atoms with E-state index in [2.05, 4.69) is 0 Å². The number of nitro groups is 1. The molecule has 1 aliphatic rings. The molecule has 2 aromatic carbocycles. The van der Waals surface area contributed by atoms with Gasteiger partial charge < -0.3 is 0 Å². The molecule has 0 amide bonds. The summed E-state index contributed by atoms with van der Waals surface area (Å²) in [5.41, 5.74) is 1.12. The zero-order valence-corrected chi connectivity index (χ0v) is 15.5. The normalized spacial score (nSPS) is 18.6. The number of sulfonamides is 1. The maximum absolute atomic E-state index is 13.4. The molecule has 1 unspecified atom stereocenters. The van der Waals surface area contributed by atoms with Crippen molar-refractivity contribution in [3.63, 3.8) is 0 Å². The molecule has 0 N–H and O–H groups in total. The summed E-state index contributed by atoms with van der Waals surface area (Å²) in [4.78, 5) is 10.6. The molecule has 1 aliphatic heterocycles. The van der Waals surface area contributed by atoms with Gasteiger partial charge >= 0.3 is 0 Å². The smallest absolute Gasteiger partial charge is 0.258 e. The number of hydrogen-bond donors (Lipinski definition) is 0. The lowest BCUT2D eigenvalue weighted by atomic mass is 9.98. The van der Waals surface area contributed by atoms with Gasteiger partial charge in [-0.05, 0) is 37.3 Å². The van der Waals surface area contributed by atoms with Crippen molar-refractivity contribution in [2.24, 2.45) is 0 Å². The molecular weight excluding hydrogens is 352 g/mol. The van der Waals surface area contributed by atoms with Crippen LogP contribution in [-0.4, -0.2) is 30.2 Å². The Hall–Kier alpha value is -2.25. The topological polar surface area (TPSA) is 80.5 Å². The number of rotatable bonds is 5. The van der Waals surface area contributed by atoms with Gasteiger partial charge in [0.2, 0.25) is 10.0 Å². The second-order valence-corrected chi connectivity index (χ2v) is 8.46. The second kappa shape index (κ2) is 7.55. The first-order valence-electron chi connectivity index (χ1n) is 8.71. The standard InChI is InChI=1S/C19H22N2O4S/c1-15-8-7-12-18(21(22)23)19(15)26(24,25)20-13-6-5-11-17(20)14-16-9-3-2-4-10-16/h2-4,7-10,12,17H,5-6,11,13-14H2,1H3. The van der Waals surface area contributed by atoms with Gasteiger partial charge in [0.25, 0.3) is 5.69 Å². The van der Waals surface area contributed by atoms with Crippen LogP contribution in [0.5, 0.6) is 0 Å². The average molecular weight is 374 g/mol. The maximum atomic E-state index is 13.4. The Bertz CT molecular complexity index is 897. The fourth-order valence-corrected chi connectivity index (χ4v) is 5.67. The van der Waals surface area contributed by atoms with Crippen molar-refractivity contribution in [2.75, 3.05) is 6.54 Å². The van der Waals surface area contributed by atoms with Crippen LogP contribution in [0.4, 0.5) is 5.69 Å². The third-order valence-corrected chi connectivity index (χ3v) is 6.99. The van der Waals surface area contributed by atoms with Crippen molar-refractivity contribution >= 4 is 15.7 Å². The molecule has 0 aromatic heterocycles. The summed E-state index contributed by atoms with van der Waals surface area (Å²) in [7, 11) is -3.95. The Morgan fingerprint density at radius 2 is 1.85 bits per heavy atom. The molecule has 6 nitrogen and oxygen atoms in total. The Balaban J connectivity index is 2.01. The molecule has 0 bridgehead atoms. The largest absolute Gasteiger partial charge is 0.289 e. The van der Waals surface area contributed by atoms with E-state index in [1.807, 2.05) is 30.3 Å². The first-order valence-corrected chi connectivity index (χ1v) is 10.1. The van der Waals surface area contributed by atoms with Gasteiger partial charge in [0.15, 0.2) is 4.90 Å². The van der Waals surface area contributed by atoms with Gasteiger partial charge in [0, 0.05) is 18.7 Å². The molecule has 1 heterocycles. The van der Waals surface area contributed by atoms with Crippen LogP contribution >= 0.6 is 0 Å². The van der Waals surface area contributed by atoms with E-state index in [9.17, 15) is 18.5 Å². The van der Waals surface area contributed by atoms with E-state index in [0.717, 1.165) is 24.8 Å². The number of aryl methyl sites for hydroxylation is 1. The fraction of sp³-hybridized carbons (Fsp3) is 0.368. The molecular formula is C19H22N2O4S. The maximum Gasteiger partial charge on any atom is 0.289 e. The minimum absolute atomic E-state index is 0.176. The van der Waals surface area contributed by atoms with Gasteiger partial charge in [-0.1, -0.05) is 48.9 Å². The van der Waals surface area contributed by atoms with E-state index in [-0.39, 0.29) is 16.6 Å². The Morgan fingerprint density at radius 1 is 1.12 bits per heavy atom. The summed E-state index contributed by atoms with van der Waals surface area (Å²) in [6.07, 6.45) is 3.09. The van der Waals surface area contributed by atoms with E-state index in [1.165, 1.54) is 16.4 Å². The molecule has 138 valence electrons. The first-order chi connectivity index (χ1) is 12.4. The molecule has 2 aromatic rings. The molecule has 0 aliphatic carbocycles. The third-order valence-electron chi connectivity index (χ3n) is 4.84. The number of benzene rings is 2. The molecule has 3 rings (SSSR count). The van der Waals surface area contributed by atoms with Crippen LogP contribution in [-0.2, 0) is 16.4 Å². The van der Waals surface area contributed by atoms with Crippen molar-refractivity contribution in [3.8, 4) is 0 Å². The van der Waals surface area contributed by atoms with Gasteiger partial charge in [-0.3, -0.25) is 10.1 Å². The summed E-state index contributed by atoms with van der Waals surface area (Å²) >= 11 is 0. The number of nitrogens with zero attached hydrogens (tertiary/aromatic N) is 2. The lowest BCUT2D eigenvalue weighted by Gasteiger charge is -2.35. The molecule has 0 saturated carbocycles. The lowest BCUT2D eigenvalue weighted by molar-refractivity contribution is -0.387. The molecule has 1 atom stereocenters. The number of nitro benzene ring substituents is 1. The van der Waals surface area contributed by atoms with Crippen LogP contribution in [0.1, 0.15) is 30.4 Å². The van der Waals surface area contributed by atoms with Gasteiger partial charge in [-0.25, -0.2) is 8.42 Å². The zero-order chi connectivity index (χ0) is 18.7. The lowest BCUT2D eigenvalue weighted by Crippen LogP contribution is -2.45.